The van der Waals surface area contributed by atoms with Gasteiger partial charge in [0.05, 0.1) is 24.5 Å². The first-order valence-electron chi connectivity index (χ1n) is 10.8. The molecule has 0 fully saturated rings. The molecule has 4 nitrogen and oxygen atoms in total. The number of anilines is 2. The number of rotatable bonds is 4. The molecule has 2 aliphatic rings. The Hall–Kier alpha value is -3.05. The maximum atomic E-state index is 13.5. The van der Waals surface area contributed by atoms with E-state index in [0.29, 0.717) is 6.42 Å². The summed E-state index contributed by atoms with van der Waals surface area (Å²) >= 11 is 1.79. The standard InChI is InChI=1S/C26H26N2O2S/c1-3-19-12-13-24(31-19)26-25-22(27-20-6-4-5-7-21(20)28-26)14-17(15-23(25)29)16-8-10-18(30-2)11-9-16/h4-13,17,26-28H,3,14-15H2,1-2H3/t17-,26-/m1/s1. The Labute approximate surface area is 187 Å². The second-order valence-electron chi connectivity index (χ2n) is 8.10. The summed E-state index contributed by atoms with van der Waals surface area (Å²) in [7, 11) is 1.67. The van der Waals surface area contributed by atoms with Crippen molar-refractivity contribution in [1.82, 2.24) is 0 Å². The molecule has 1 aromatic heterocycles. The quantitative estimate of drug-likeness (QED) is 0.510. The summed E-state index contributed by atoms with van der Waals surface area (Å²) in [5, 5.41) is 7.28. The number of hydrogen-bond acceptors (Lipinski definition) is 5. The molecule has 1 aliphatic carbocycles. The average molecular weight is 431 g/mol. The summed E-state index contributed by atoms with van der Waals surface area (Å²) in [6, 6.07) is 20.5. The van der Waals surface area contributed by atoms with Crippen molar-refractivity contribution in [2.45, 2.75) is 38.1 Å². The number of ketones is 1. The summed E-state index contributed by atoms with van der Waals surface area (Å²) in [4.78, 5) is 16.1. The van der Waals surface area contributed by atoms with Crippen LogP contribution in [0, 0.1) is 0 Å². The van der Waals surface area contributed by atoms with Gasteiger partial charge in [-0.1, -0.05) is 31.2 Å². The molecular formula is C26H26N2O2S. The number of methoxy groups -OCH3 is 1. The van der Waals surface area contributed by atoms with Gasteiger partial charge < -0.3 is 15.4 Å². The van der Waals surface area contributed by atoms with Gasteiger partial charge in [0.2, 0.25) is 0 Å². The second-order valence-corrected chi connectivity index (χ2v) is 9.30. The van der Waals surface area contributed by atoms with Crippen molar-refractivity contribution >= 4 is 28.5 Å². The first-order valence-corrected chi connectivity index (χ1v) is 11.6. The topological polar surface area (TPSA) is 50.4 Å². The van der Waals surface area contributed by atoms with Gasteiger partial charge in [0.1, 0.15) is 5.75 Å². The van der Waals surface area contributed by atoms with Gasteiger partial charge in [-0.2, -0.15) is 0 Å². The molecule has 0 saturated heterocycles. The lowest BCUT2D eigenvalue weighted by atomic mass is 9.79. The van der Waals surface area contributed by atoms with Crippen molar-refractivity contribution < 1.29 is 9.53 Å². The van der Waals surface area contributed by atoms with Gasteiger partial charge in [0.15, 0.2) is 5.78 Å². The molecule has 0 saturated carbocycles. The highest BCUT2D eigenvalue weighted by atomic mass is 32.1. The Kier molecular flexibility index (Phi) is 5.28. The molecule has 0 bridgehead atoms. The van der Waals surface area contributed by atoms with Crippen LogP contribution in [0.5, 0.6) is 5.75 Å². The highest BCUT2D eigenvalue weighted by molar-refractivity contribution is 7.12. The predicted octanol–water partition coefficient (Wildman–Crippen LogP) is 6.30. The van der Waals surface area contributed by atoms with Gasteiger partial charge in [-0.3, -0.25) is 4.79 Å². The number of ether oxygens (including phenoxy) is 1. The van der Waals surface area contributed by atoms with E-state index in [0.717, 1.165) is 41.2 Å². The van der Waals surface area contributed by atoms with Crippen LogP contribution in [0.15, 0.2) is 71.9 Å². The molecule has 3 aromatic rings. The maximum Gasteiger partial charge on any atom is 0.163 e. The maximum absolute atomic E-state index is 13.5. The van der Waals surface area contributed by atoms with E-state index in [2.05, 4.69) is 54.0 Å². The lowest BCUT2D eigenvalue weighted by Gasteiger charge is -2.29. The van der Waals surface area contributed by atoms with Crippen molar-refractivity contribution in [2.24, 2.45) is 0 Å². The molecule has 5 heteroatoms. The van der Waals surface area contributed by atoms with Crippen LogP contribution in [0.25, 0.3) is 0 Å². The zero-order valence-corrected chi connectivity index (χ0v) is 18.6. The Balaban J connectivity index is 1.56. The number of aryl methyl sites for hydroxylation is 1. The van der Waals surface area contributed by atoms with Crippen molar-refractivity contribution in [2.75, 3.05) is 17.7 Å². The van der Waals surface area contributed by atoms with Crippen LogP contribution >= 0.6 is 11.3 Å². The van der Waals surface area contributed by atoms with E-state index in [4.69, 9.17) is 4.74 Å². The largest absolute Gasteiger partial charge is 0.497 e. The number of Topliss-reactive ketones (excluding diaryl/α,β-unsaturated/α-hetero) is 1. The molecule has 2 aromatic carbocycles. The van der Waals surface area contributed by atoms with Gasteiger partial charge in [0.25, 0.3) is 0 Å². The highest BCUT2D eigenvalue weighted by Gasteiger charge is 2.36. The molecule has 0 unspecified atom stereocenters. The Morgan fingerprint density at radius 1 is 1.00 bits per heavy atom. The molecule has 158 valence electrons. The second kappa shape index (κ2) is 8.23. The lowest BCUT2D eigenvalue weighted by Crippen LogP contribution is -2.26. The molecule has 0 radical (unpaired) electrons. The fraction of sp³-hybridized carbons (Fsp3) is 0.269. The fourth-order valence-electron chi connectivity index (χ4n) is 4.56. The molecule has 2 atom stereocenters. The third-order valence-electron chi connectivity index (χ3n) is 6.21. The molecule has 31 heavy (non-hydrogen) atoms. The van der Waals surface area contributed by atoms with Crippen LogP contribution in [0.3, 0.4) is 0 Å². The number of benzene rings is 2. The predicted molar refractivity (Wildman–Crippen MR) is 127 cm³/mol. The molecule has 2 N–H and O–H groups in total. The van der Waals surface area contributed by atoms with Gasteiger partial charge in [-0.25, -0.2) is 0 Å². The lowest BCUT2D eigenvalue weighted by molar-refractivity contribution is -0.116. The summed E-state index contributed by atoms with van der Waals surface area (Å²) in [5.41, 5.74) is 5.14. The molecule has 5 rings (SSSR count). The molecule has 1 aliphatic heterocycles. The Morgan fingerprint density at radius 3 is 2.48 bits per heavy atom. The monoisotopic (exact) mass is 430 g/mol. The van der Waals surface area contributed by atoms with Crippen molar-refractivity contribution in [3.8, 4) is 5.75 Å². The third-order valence-corrected chi connectivity index (χ3v) is 7.51. The number of allylic oxidation sites excluding steroid dienone is 1. The van der Waals surface area contributed by atoms with E-state index in [9.17, 15) is 4.79 Å². The summed E-state index contributed by atoms with van der Waals surface area (Å²) in [5.74, 6) is 1.21. The summed E-state index contributed by atoms with van der Waals surface area (Å²) in [6.07, 6.45) is 2.34. The van der Waals surface area contributed by atoms with Crippen molar-refractivity contribution in [3.63, 3.8) is 0 Å². The van der Waals surface area contributed by atoms with E-state index in [1.807, 2.05) is 24.3 Å². The van der Waals surface area contributed by atoms with Gasteiger partial charge in [-0.05, 0) is 60.7 Å². The normalized spacial score (nSPS) is 20.3. The van der Waals surface area contributed by atoms with E-state index < -0.39 is 0 Å². The van der Waals surface area contributed by atoms with E-state index >= 15 is 0 Å². The first-order chi connectivity index (χ1) is 15.2. The number of nitrogens with one attached hydrogen (secondary N) is 2. The smallest absolute Gasteiger partial charge is 0.163 e. The minimum atomic E-state index is -0.124. The summed E-state index contributed by atoms with van der Waals surface area (Å²) < 4.78 is 5.30. The fourth-order valence-corrected chi connectivity index (χ4v) is 5.57. The minimum Gasteiger partial charge on any atom is -0.497 e. The van der Waals surface area contributed by atoms with Crippen molar-refractivity contribution in [3.05, 3.63) is 87.3 Å². The van der Waals surface area contributed by atoms with Crippen LogP contribution in [0.4, 0.5) is 11.4 Å². The van der Waals surface area contributed by atoms with E-state index in [1.165, 1.54) is 15.3 Å². The van der Waals surface area contributed by atoms with E-state index in [1.54, 1.807) is 18.4 Å². The van der Waals surface area contributed by atoms with Crippen molar-refractivity contribution in [1.29, 1.82) is 0 Å². The average Bonchev–Trinajstić information content (AvgIpc) is 3.21. The minimum absolute atomic E-state index is 0.124. The number of hydrogen-bond donors (Lipinski definition) is 2. The first kappa shape index (κ1) is 19.9. The van der Waals surface area contributed by atoms with Gasteiger partial charge in [0, 0.05) is 27.4 Å². The Morgan fingerprint density at radius 2 is 1.77 bits per heavy atom. The van der Waals surface area contributed by atoms with Crippen LogP contribution in [-0.2, 0) is 11.2 Å². The van der Waals surface area contributed by atoms with Crippen LogP contribution in [-0.4, -0.2) is 12.9 Å². The zero-order valence-electron chi connectivity index (χ0n) is 17.8. The molecule has 0 spiro atoms. The number of para-hydroxylation sites is 2. The Bertz CT molecular complexity index is 1150. The number of carbonyl (C=O) groups excluding carboxylic acids is 1. The van der Waals surface area contributed by atoms with Crippen LogP contribution in [0.1, 0.15) is 47.0 Å². The van der Waals surface area contributed by atoms with Crippen LogP contribution in [0.2, 0.25) is 0 Å². The molecule has 2 heterocycles. The number of thiophene rings is 1. The number of carbonyl (C=O) groups is 1. The third kappa shape index (κ3) is 3.74. The summed E-state index contributed by atoms with van der Waals surface area (Å²) in [6.45, 7) is 2.17. The zero-order chi connectivity index (χ0) is 21.4. The van der Waals surface area contributed by atoms with Gasteiger partial charge >= 0.3 is 0 Å². The molecular weight excluding hydrogens is 404 g/mol. The van der Waals surface area contributed by atoms with E-state index in [-0.39, 0.29) is 17.7 Å². The highest BCUT2D eigenvalue weighted by Crippen LogP contribution is 2.45. The molecule has 0 amide bonds. The van der Waals surface area contributed by atoms with Gasteiger partial charge in [-0.15, -0.1) is 11.3 Å². The number of fused-ring (bicyclic) bond motifs is 1. The SMILES string of the molecule is CCc1ccc([C@H]2Nc3ccccc3NC3=C2C(=O)C[C@H](c2ccc(OC)cc2)C3)s1. The van der Waals surface area contributed by atoms with Crippen LogP contribution < -0.4 is 15.4 Å².